The van der Waals surface area contributed by atoms with Gasteiger partial charge >= 0.3 is 0 Å². The van der Waals surface area contributed by atoms with Gasteiger partial charge in [0.25, 0.3) is 0 Å². The second kappa shape index (κ2) is 7.62. The summed E-state index contributed by atoms with van der Waals surface area (Å²) in [5.41, 5.74) is 8.81. The number of rotatable bonds is 7. The lowest BCUT2D eigenvalue weighted by Gasteiger charge is -2.35. The van der Waals surface area contributed by atoms with E-state index in [9.17, 15) is 0 Å². The molecule has 0 radical (unpaired) electrons. The third kappa shape index (κ3) is 3.95. The number of hydrogen-bond donors (Lipinski definition) is 1. The topological polar surface area (TPSA) is 47.7 Å². The van der Waals surface area contributed by atoms with Crippen LogP contribution < -0.4 is 10.6 Å². The standard InChI is InChI=1S/C16H26N2O2/c1-3-19-16(20-4-2)9-10-18-12-14(17)11-13-7-5-6-8-15(13)18/h5-8,14,16H,3-4,9-12,17H2,1-2H3. The molecule has 112 valence electrons. The number of nitrogens with zero attached hydrogens (tertiary/aromatic N) is 1. The SMILES string of the molecule is CCOC(CCN1CC(N)Cc2ccccc21)OCC. The van der Waals surface area contributed by atoms with Crippen LogP contribution in [0.25, 0.3) is 0 Å². The molecule has 2 N–H and O–H groups in total. The van der Waals surface area contributed by atoms with E-state index in [4.69, 9.17) is 15.2 Å². The van der Waals surface area contributed by atoms with E-state index in [1.54, 1.807) is 0 Å². The van der Waals surface area contributed by atoms with E-state index in [2.05, 4.69) is 29.2 Å². The Balaban J connectivity index is 1.98. The van der Waals surface area contributed by atoms with Gasteiger partial charge in [0.2, 0.25) is 0 Å². The number of nitrogens with two attached hydrogens (primary N) is 1. The minimum absolute atomic E-state index is 0.115. The zero-order chi connectivity index (χ0) is 14.4. The first-order valence-electron chi connectivity index (χ1n) is 7.56. The average Bonchev–Trinajstić information content (AvgIpc) is 2.44. The van der Waals surface area contributed by atoms with E-state index in [1.165, 1.54) is 11.3 Å². The van der Waals surface area contributed by atoms with Crippen molar-refractivity contribution in [1.29, 1.82) is 0 Å². The number of benzene rings is 1. The molecule has 20 heavy (non-hydrogen) atoms. The van der Waals surface area contributed by atoms with Gasteiger partial charge in [-0.2, -0.15) is 0 Å². The highest BCUT2D eigenvalue weighted by atomic mass is 16.7. The van der Waals surface area contributed by atoms with Crippen LogP contribution in [0.3, 0.4) is 0 Å². The van der Waals surface area contributed by atoms with Crippen molar-refractivity contribution < 1.29 is 9.47 Å². The van der Waals surface area contributed by atoms with Crippen molar-refractivity contribution in [2.24, 2.45) is 5.73 Å². The van der Waals surface area contributed by atoms with E-state index in [0.717, 1.165) is 25.9 Å². The summed E-state index contributed by atoms with van der Waals surface area (Å²) in [6.07, 6.45) is 1.71. The van der Waals surface area contributed by atoms with Crippen molar-refractivity contribution in [3.8, 4) is 0 Å². The molecule has 0 aromatic heterocycles. The molecule has 0 fully saturated rings. The van der Waals surface area contributed by atoms with E-state index in [1.807, 2.05) is 13.8 Å². The van der Waals surface area contributed by atoms with Crippen LogP contribution in [0.5, 0.6) is 0 Å². The minimum atomic E-state index is -0.115. The molecule has 1 aliphatic heterocycles. The third-order valence-corrected chi connectivity index (χ3v) is 3.61. The van der Waals surface area contributed by atoms with Gasteiger partial charge in [-0.25, -0.2) is 0 Å². The van der Waals surface area contributed by atoms with E-state index < -0.39 is 0 Å². The fourth-order valence-electron chi connectivity index (χ4n) is 2.78. The van der Waals surface area contributed by atoms with Crippen LogP contribution in [0.1, 0.15) is 25.8 Å². The van der Waals surface area contributed by atoms with Crippen LogP contribution in [-0.4, -0.2) is 38.6 Å². The number of ether oxygens (including phenoxy) is 2. The molecular weight excluding hydrogens is 252 g/mol. The Kier molecular flexibility index (Phi) is 5.83. The quantitative estimate of drug-likeness (QED) is 0.777. The molecule has 0 spiro atoms. The van der Waals surface area contributed by atoms with Crippen molar-refractivity contribution in [2.75, 3.05) is 31.2 Å². The van der Waals surface area contributed by atoms with Crippen LogP contribution in [-0.2, 0) is 15.9 Å². The molecule has 2 rings (SSSR count). The Bertz CT molecular complexity index is 405. The Hall–Kier alpha value is -1.10. The molecule has 1 atom stereocenters. The summed E-state index contributed by atoms with van der Waals surface area (Å²) in [6, 6.07) is 8.73. The monoisotopic (exact) mass is 278 g/mol. The second-order valence-electron chi connectivity index (χ2n) is 5.17. The van der Waals surface area contributed by atoms with Gasteiger partial charge in [0.1, 0.15) is 0 Å². The highest BCUT2D eigenvalue weighted by Gasteiger charge is 2.22. The predicted molar refractivity (Wildman–Crippen MR) is 82.0 cm³/mol. The lowest BCUT2D eigenvalue weighted by molar-refractivity contribution is -0.138. The van der Waals surface area contributed by atoms with Crippen LogP contribution in [0, 0.1) is 0 Å². The zero-order valence-electron chi connectivity index (χ0n) is 12.5. The molecule has 1 unspecified atom stereocenters. The average molecular weight is 278 g/mol. The normalized spacial score (nSPS) is 18.4. The highest BCUT2D eigenvalue weighted by Crippen LogP contribution is 2.26. The van der Waals surface area contributed by atoms with Crippen molar-refractivity contribution in [3.05, 3.63) is 29.8 Å². The van der Waals surface area contributed by atoms with Gasteiger partial charge < -0.3 is 20.1 Å². The van der Waals surface area contributed by atoms with Crippen LogP contribution >= 0.6 is 0 Å². The van der Waals surface area contributed by atoms with Gasteiger partial charge in [0.15, 0.2) is 6.29 Å². The van der Waals surface area contributed by atoms with Crippen LogP contribution in [0.15, 0.2) is 24.3 Å². The minimum Gasteiger partial charge on any atom is -0.370 e. The first-order valence-corrected chi connectivity index (χ1v) is 7.56. The predicted octanol–water partition coefficient (Wildman–Crippen LogP) is 2.17. The molecule has 1 aliphatic rings. The maximum Gasteiger partial charge on any atom is 0.159 e. The Morgan fingerprint density at radius 1 is 1.25 bits per heavy atom. The number of para-hydroxylation sites is 1. The maximum absolute atomic E-state index is 6.16. The summed E-state index contributed by atoms with van der Waals surface area (Å²) >= 11 is 0. The Morgan fingerprint density at radius 3 is 2.65 bits per heavy atom. The molecule has 0 saturated carbocycles. The fraction of sp³-hybridized carbons (Fsp3) is 0.625. The second-order valence-corrected chi connectivity index (χ2v) is 5.17. The summed E-state index contributed by atoms with van der Waals surface area (Å²) < 4.78 is 11.2. The highest BCUT2D eigenvalue weighted by molar-refractivity contribution is 5.56. The van der Waals surface area contributed by atoms with Gasteiger partial charge in [-0.05, 0) is 31.9 Å². The maximum atomic E-state index is 6.16. The lowest BCUT2D eigenvalue weighted by atomic mass is 9.98. The largest absolute Gasteiger partial charge is 0.370 e. The fourth-order valence-corrected chi connectivity index (χ4v) is 2.78. The zero-order valence-corrected chi connectivity index (χ0v) is 12.5. The van der Waals surface area contributed by atoms with E-state index in [-0.39, 0.29) is 12.3 Å². The molecule has 1 aromatic carbocycles. The number of anilines is 1. The summed E-state index contributed by atoms with van der Waals surface area (Å²) in [5.74, 6) is 0. The van der Waals surface area contributed by atoms with Gasteiger partial charge in [-0.1, -0.05) is 18.2 Å². The Labute approximate surface area is 121 Å². The molecular formula is C16H26N2O2. The van der Waals surface area contributed by atoms with Gasteiger partial charge in [-0.15, -0.1) is 0 Å². The van der Waals surface area contributed by atoms with Crippen molar-refractivity contribution in [1.82, 2.24) is 0 Å². The first-order chi connectivity index (χ1) is 9.74. The van der Waals surface area contributed by atoms with Crippen LogP contribution in [0.4, 0.5) is 5.69 Å². The van der Waals surface area contributed by atoms with Crippen molar-refractivity contribution >= 4 is 5.69 Å². The molecule has 0 amide bonds. The van der Waals surface area contributed by atoms with Crippen LogP contribution in [0.2, 0.25) is 0 Å². The summed E-state index contributed by atoms with van der Waals surface area (Å²) in [6.45, 7) is 7.18. The first kappa shape index (κ1) is 15.3. The molecule has 4 nitrogen and oxygen atoms in total. The third-order valence-electron chi connectivity index (χ3n) is 3.61. The van der Waals surface area contributed by atoms with E-state index in [0.29, 0.717) is 13.2 Å². The molecule has 1 aromatic rings. The summed E-state index contributed by atoms with van der Waals surface area (Å²) in [5, 5.41) is 0. The van der Waals surface area contributed by atoms with Gasteiger partial charge in [-0.3, -0.25) is 0 Å². The molecule has 0 saturated heterocycles. The molecule has 4 heteroatoms. The number of hydrogen-bond acceptors (Lipinski definition) is 4. The van der Waals surface area contributed by atoms with Crippen molar-refractivity contribution in [3.63, 3.8) is 0 Å². The number of fused-ring (bicyclic) bond motifs is 1. The van der Waals surface area contributed by atoms with Gasteiger partial charge in [0.05, 0.1) is 0 Å². The smallest absolute Gasteiger partial charge is 0.159 e. The van der Waals surface area contributed by atoms with E-state index >= 15 is 0 Å². The molecule has 0 aliphatic carbocycles. The molecule has 0 bridgehead atoms. The molecule has 1 heterocycles. The summed E-state index contributed by atoms with van der Waals surface area (Å²) in [7, 11) is 0. The Morgan fingerprint density at radius 2 is 1.95 bits per heavy atom. The van der Waals surface area contributed by atoms with Crippen molar-refractivity contribution in [2.45, 2.75) is 39.0 Å². The van der Waals surface area contributed by atoms with Gasteiger partial charge in [0, 0.05) is 44.5 Å². The lowest BCUT2D eigenvalue weighted by Crippen LogP contribution is -2.44. The summed E-state index contributed by atoms with van der Waals surface area (Å²) in [4.78, 5) is 2.36.